The summed E-state index contributed by atoms with van der Waals surface area (Å²) in [5.41, 5.74) is -1.64. The van der Waals surface area contributed by atoms with E-state index in [1.165, 1.54) is 12.8 Å². The number of carbonyl (C=O) groups is 1. The number of sulfonamides is 1. The van der Waals surface area contributed by atoms with Crippen LogP contribution in [-0.4, -0.2) is 54.9 Å². The zero-order chi connectivity index (χ0) is 28.5. The van der Waals surface area contributed by atoms with Crippen LogP contribution >= 0.6 is 0 Å². The molecule has 0 atom stereocenters. The van der Waals surface area contributed by atoms with Gasteiger partial charge in [0.15, 0.2) is 0 Å². The number of piperidine rings is 1. The van der Waals surface area contributed by atoms with Gasteiger partial charge in [0.05, 0.1) is 12.1 Å². The molecule has 1 amide bonds. The van der Waals surface area contributed by atoms with Crippen LogP contribution in [0.25, 0.3) is 10.9 Å². The molecule has 40 heavy (non-hydrogen) atoms. The number of fused-ring (bicyclic) bond motifs is 1. The van der Waals surface area contributed by atoms with Gasteiger partial charge in [-0.25, -0.2) is 8.42 Å². The van der Waals surface area contributed by atoms with Crippen molar-refractivity contribution in [2.45, 2.75) is 50.7 Å². The predicted molar refractivity (Wildman–Crippen MR) is 146 cm³/mol. The molecule has 214 valence electrons. The van der Waals surface area contributed by atoms with Crippen LogP contribution in [-0.2, 0) is 16.6 Å². The lowest BCUT2D eigenvalue weighted by molar-refractivity contribution is -0.0495. The maximum atomic E-state index is 12.8. The van der Waals surface area contributed by atoms with Gasteiger partial charge >= 0.3 is 15.5 Å². The number of alkyl halides is 3. The predicted octanol–water partition coefficient (Wildman–Crippen LogP) is 4.99. The minimum absolute atomic E-state index is 0.103. The molecule has 8 nitrogen and oxygen atoms in total. The molecule has 1 aliphatic carbocycles. The molecule has 12 heteroatoms. The molecule has 0 spiro atoms. The van der Waals surface area contributed by atoms with E-state index in [0.29, 0.717) is 34.6 Å². The van der Waals surface area contributed by atoms with E-state index in [1.807, 2.05) is 25.1 Å². The first kappa shape index (κ1) is 28.3. The van der Waals surface area contributed by atoms with Crippen molar-refractivity contribution in [2.24, 2.45) is 5.92 Å². The molecule has 0 bridgehead atoms. The molecule has 2 fully saturated rings. The number of nitrogens with one attached hydrogen (secondary N) is 2. The minimum atomic E-state index is -5.29. The van der Waals surface area contributed by atoms with Crippen LogP contribution in [0.5, 0.6) is 5.75 Å². The number of pyridine rings is 1. The van der Waals surface area contributed by atoms with Gasteiger partial charge in [0.2, 0.25) is 0 Å². The summed E-state index contributed by atoms with van der Waals surface area (Å²) >= 11 is 0. The first-order valence-corrected chi connectivity index (χ1v) is 14.7. The van der Waals surface area contributed by atoms with Gasteiger partial charge in [-0.1, -0.05) is 6.07 Å². The number of aromatic nitrogens is 1. The van der Waals surface area contributed by atoms with Crippen molar-refractivity contribution in [1.29, 1.82) is 0 Å². The summed E-state index contributed by atoms with van der Waals surface area (Å²) in [7, 11) is -5.29. The van der Waals surface area contributed by atoms with Crippen molar-refractivity contribution in [3.05, 3.63) is 65.4 Å². The van der Waals surface area contributed by atoms with Crippen LogP contribution in [0.15, 0.2) is 48.7 Å². The van der Waals surface area contributed by atoms with E-state index >= 15 is 0 Å². The number of amides is 1. The summed E-state index contributed by atoms with van der Waals surface area (Å²) < 4.78 is 67.8. The first-order chi connectivity index (χ1) is 19.0. The Kier molecular flexibility index (Phi) is 8.03. The largest absolute Gasteiger partial charge is 0.511 e. The van der Waals surface area contributed by atoms with E-state index in [2.05, 4.69) is 15.6 Å². The van der Waals surface area contributed by atoms with E-state index < -0.39 is 15.5 Å². The number of rotatable bonds is 9. The number of ether oxygens (including phenoxy) is 1. The summed E-state index contributed by atoms with van der Waals surface area (Å²) in [5, 5.41) is 7.14. The molecule has 1 saturated carbocycles. The number of anilines is 1. The van der Waals surface area contributed by atoms with Gasteiger partial charge in [-0.3, -0.25) is 9.78 Å². The fourth-order valence-corrected chi connectivity index (χ4v) is 5.71. The molecule has 2 aliphatic rings. The number of nitrogens with zero attached hydrogens (tertiary/aromatic N) is 2. The maximum absolute atomic E-state index is 12.8. The number of carbonyl (C=O) groups excluding carboxylic acids is 1. The highest BCUT2D eigenvalue weighted by Crippen LogP contribution is 2.31. The van der Waals surface area contributed by atoms with Gasteiger partial charge in [-0.15, -0.1) is 0 Å². The molecule has 2 N–H and O–H groups in total. The van der Waals surface area contributed by atoms with Gasteiger partial charge < -0.3 is 15.4 Å². The van der Waals surface area contributed by atoms with Crippen molar-refractivity contribution < 1.29 is 31.1 Å². The molecular weight excluding hydrogens is 545 g/mol. The highest BCUT2D eigenvalue weighted by atomic mass is 32.2. The summed E-state index contributed by atoms with van der Waals surface area (Å²) in [6.45, 7) is 2.69. The second-order valence-electron chi connectivity index (χ2n) is 10.4. The molecule has 1 aliphatic heterocycles. The lowest BCUT2D eigenvalue weighted by atomic mass is 10.0. The smallest absolute Gasteiger partial charge is 0.493 e. The zero-order valence-electron chi connectivity index (χ0n) is 22.0. The van der Waals surface area contributed by atoms with Crippen LogP contribution in [0.3, 0.4) is 0 Å². The Balaban J connectivity index is 1.16. The standard InChI is InChI=1S/C28H31F3N4O4S/c1-18-25(34-27(36)21-4-7-24(8-5-21)39-17-19-2-3-19)9-6-22-14-20(16-33-26(18)22)15-32-23-10-12-35(13-11-23)40(37,38)28(29,30)31/h4-9,14,16,19,23,32H,2-3,10-13,15,17H2,1H3,(H,34,36). The van der Waals surface area contributed by atoms with Gasteiger partial charge in [-0.05, 0) is 86.1 Å². The van der Waals surface area contributed by atoms with E-state index in [4.69, 9.17) is 4.74 Å². The average molecular weight is 577 g/mol. The van der Waals surface area contributed by atoms with Crippen molar-refractivity contribution in [1.82, 2.24) is 14.6 Å². The van der Waals surface area contributed by atoms with E-state index in [1.54, 1.807) is 30.5 Å². The van der Waals surface area contributed by atoms with E-state index in [-0.39, 0.29) is 37.9 Å². The van der Waals surface area contributed by atoms with Gasteiger partial charge in [0, 0.05) is 48.5 Å². The van der Waals surface area contributed by atoms with Gasteiger partial charge in [0.1, 0.15) is 5.75 Å². The van der Waals surface area contributed by atoms with Crippen LogP contribution < -0.4 is 15.4 Å². The average Bonchev–Trinajstić information content (AvgIpc) is 3.77. The second-order valence-corrected chi connectivity index (χ2v) is 12.3. The molecule has 3 aromatic rings. The SMILES string of the molecule is Cc1c(NC(=O)c2ccc(OCC3CC3)cc2)ccc2cc(CNC3CCN(S(=O)(=O)C(F)(F)F)CC3)cnc12. The van der Waals surface area contributed by atoms with Crippen molar-refractivity contribution in [3.63, 3.8) is 0 Å². The van der Waals surface area contributed by atoms with E-state index in [9.17, 15) is 26.4 Å². The summed E-state index contributed by atoms with van der Waals surface area (Å²) in [6, 6.07) is 12.7. The summed E-state index contributed by atoms with van der Waals surface area (Å²) in [6.07, 6.45) is 4.72. The fraction of sp³-hybridized carbons (Fsp3) is 0.429. The quantitative estimate of drug-likeness (QED) is 0.373. The number of hydrogen-bond donors (Lipinski definition) is 2. The third-order valence-electron chi connectivity index (χ3n) is 7.39. The molecule has 2 heterocycles. The Morgan fingerprint density at radius 2 is 1.77 bits per heavy atom. The second kappa shape index (κ2) is 11.3. The molecule has 1 saturated heterocycles. The number of benzene rings is 2. The fourth-order valence-electron chi connectivity index (χ4n) is 4.73. The number of halogens is 3. The van der Waals surface area contributed by atoms with Crippen molar-refractivity contribution >= 4 is 32.5 Å². The minimum Gasteiger partial charge on any atom is -0.493 e. The zero-order valence-corrected chi connectivity index (χ0v) is 22.8. The Bertz CT molecular complexity index is 1480. The Hall–Kier alpha value is -3.22. The lowest BCUT2D eigenvalue weighted by Crippen LogP contribution is -2.48. The number of hydrogen-bond acceptors (Lipinski definition) is 6. The molecule has 2 aromatic carbocycles. The first-order valence-electron chi connectivity index (χ1n) is 13.2. The normalized spacial score (nSPS) is 17.2. The van der Waals surface area contributed by atoms with Crippen molar-refractivity contribution in [3.8, 4) is 5.75 Å². The van der Waals surface area contributed by atoms with E-state index in [0.717, 1.165) is 27.8 Å². The van der Waals surface area contributed by atoms with Crippen LogP contribution in [0.1, 0.15) is 47.2 Å². The third kappa shape index (κ3) is 6.39. The van der Waals surface area contributed by atoms with Gasteiger partial charge in [-0.2, -0.15) is 17.5 Å². The lowest BCUT2D eigenvalue weighted by Gasteiger charge is -2.32. The molecule has 5 rings (SSSR count). The molecule has 0 unspecified atom stereocenters. The van der Waals surface area contributed by atoms with Gasteiger partial charge in [0.25, 0.3) is 5.91 Å². The Morgan fingerprint density at radius 3 is 2.42 bits per heavy atom. The van der Waals surface area contributed by atoms with Crippen LogP contribution in [0.2, 0.25) is 0 Å². The molecule has 0 radical (unpaired) electrons. The summed E-state index contributed by atoms with van der Waals surface area (Å²) in [5.74, 6) is 1.17. The third-order valence-corrected chi connectivity index (χ3v) is 9.02. The summed E-state index contributed by atoms with van der Waals surface area (Å²) in [4.78, 5) is 17.4. The maximum Gasteiger partial charge on any atom is 0.511 e. The Morgan fingerprint density at radius 1 is 1.07 bits per heavy atom. The highest BCUT2D eigenvalue weighted by Gasteiger charge is 2.50. The van der Waals surface area contributed by atoms with Crippen LogP contribution in [0.4, 0.5) is 18.9 Å². The Labute approximate surface area is 231 Å². The number of aryl methyl sites for hydroxylation is 1. The van der Waals surface area contributed by atoms with Crippen molar-refractivity contribution in [2.75, 3.05) is 25.0 Å². The molecule has 1 aromatic heterocycles. The topological polar surface area (TPSA) is 101 Å². The highest BCUT2D eigenvalue weighted by molar-refractivity contribution is 7.90. The molecular formula is C28H31F3N4O4S. The van der Waals surface area contributed by atoms with Crippen LogP contribution in [0, 0.1) is 12.8 Å². The monoisotopic (exact) mass is 576 g/mol.